The summed E-state index contributed by atoms with van der Waals surface area (Å²) in [5, 5.41) is 11.3. The summed E-state index contributed by atoms with van der Waals surface area (Å²) in [6.45, 7) is 0. The Morgan fingerprint density at radius 2 is 1.56 bits per heavy atom. The van der Waals surface area contributed by atoms with Crippen LogP contribution in [0.4, 0.5) is 0 Å². The van der Waals surface area contributed by atoms with Gasteiger partial charge in [-0.3, -0.25) is 0 Å². The van der Waals surface area contributed by atoms with Crippen molar-refractivity contribution in [3.05, 3.63) is 32.7 Å². The molecule has 1 rings (SSSR count). The van der Waals surface area contributed by atoms with Gasteiger partial charge in [-0.15, -0.1) is 0 Å². The molecule has 1 unspecified atom stereocenters. The normalized spacial score (nSPS) is 15.5. The molecular weight excluding hydrogens is 494 g/mol. The molecule has 1 nitrogen and oxygen atoms in total. The molecule has 0 bridgehead atoms. The summed E-state index contributed by atoms with van der Waals surface area (Å²) >= 11 is 27.5. The van der Waals surface area contributed by atoms with E-state index in [1.54, 1.807) is 0 Å². The van der Waals surface area contributed by atoms with Crippen molar-refractivity contribution >= 4 is 82.6 Å². The Bertz CT molecular complexity index is 402. The average molecular weight is 504 g/mol. The Labute approximate surface area is 147 Å². The van der Waals surface area contributed by atoms with E-state index in [1.165, 1.54) is 0 Å². The first-order valence-corrected chi connectivity index (χ1v) is 8.82. The number of benzene rings is 1. The second-order valence-corrected chi connectivity index (χ2v) is 9.06. The molecular formula is C11H10Br3Cl3O. The van der Waals surface area contributed by atoms with Gasteiger partial charge in [-0.2, -0.15) is 0 Å². The zero-order valence-electron chi connectivity index (χ0n) is 9.07. The molecule has 0 aliphatic rings. The van der Waals surface area contributed by atoms with Gasteiger partial charge in [0.15, 0.2) is 3.79 Å². The van der Waals surface area contributed by atoms with Crippen molar-refractivity contribution < 1.29 is 5.11 Å². The first kappa shape index (κ1) is 17.5. The number of rotatable bonds is 4. The maximum Gasteiger partial charge on any atom is 0.193 e. The third-order valence-corrected chi connectivity index (χ3v) is 4.11. The van der Waals surface area contributed by atoms with Gasteiger partial charge in [0, 0.05) is 20.7 Å². The number of halogens is 6. The van der Waals surface area contributed by atoms with Gasteiger partial charge < -0.3 is 5.11 Å². The Kier molecular flexibility index (Phi) is 6.79. The fourth-order valence-corrected chi connectivity index (χ4v) is 4.26. The van der Waals surface area contributed by atoms with Crippen molar-refractivity contribution in [2.75, 3.05) is 5.33 Å². The minimum atomic E-state index is -1.51. The van der Waals surface area contributed by atoms with Crippen LogP contribution >= 0.6 is 82.6 Å². The van der Waals surface area contributed by atoms with E-state index in [1.807, 2.05) is 18.2 Å². The van der Waals surface area contributed by atoms with Crippen molar-refractivity contribution in [3.63, 3.8) is 0 Å². The Balaban J connectivity index is 3.17. The maximum absolute atomic E-state index is 10.7. The minimum Gasteiger partial charge on any atom is -0.385 e. The lowest BCUT2D eigenvalue weighted by molar-refractivity contribution is 0.0260. The number of hydrogen-bond donors (Lipinski definition) is 1. The molecule has 0 heterocycles. The highest BCUT2D eigenvalue weighted by atomic mass is 79.9. The molecule has 1 aromatic rings. The summed E-state index contributed by atoms with van der Waals surface area (Å²) < 4.78 is 0.194. The topological polar surface area (TPSA) is 20.2 Å². The Hall–Kier alpha value is 1.49. The zero-order chi connectivity index (χ0) is 14.0. The van der Waals surface area contributed by atoms with E-state index in [4.69, 9.17) is 34.8 Å². The van der Waals surface area contributed by atoms with E-state index >= 15 is 0 Å². The molecule has 0 aromatic heterocycles. The lowest BCUT2D eigenvalue weighted by Crippen LogP contribution is -2.31. The van der Waals surface area contributed by atoms with E-state index in [0.717, 1.165) is 8.95 Å². The molecule has 7 heteroatoms. The molecule has 18 heavy (non-hydrogen) atoms. The predicted molar refractivity (Wildman–Crippen MR) is 89.1 cm³/mol. The van der Waals surface area contributed by atoms with Crippen molar-refractivity contribution in [2.45, 2.75) is 22.2 Å². The summed E-state index contributed by atoms with van der Waals surface area (Å²) in [6.07, 6.45) is 0.475. The van der Waals surface area contributed by atoms with E-state index in [0.29, 0.717) is 17.3 Å². The molecule has 0 amide bonds. The van der Waals surface area contributed by atoms with Crippen LogP contribution in [0.3, 0.4) is 0 Å². The highest BCUT2D eigenvalue weighted by Crippen LogP contribution is 2.43. The van der Waals surface area contributed by atoms with Gasteiger partial charge in [0.1, 0.15) is 0 Å². The van der Waals surface area contributed by atoms with Crippen molar-refractivity contribution in [1.82, 2.24) is 0 Å². The monoisotopic (exact) mass is 500 g/mol. The molecule has 1 N–H and O–H groups in total. The van der Waals surface area contributed by atoms with Gasteiger partial charge in [-0.1, -0.05) is 82.6 Å². The first-order chi connectivity index (χ1) is 8.16. The Morgan fingerprint density at radius 1 is 1.06 bits per heavy atom. The van der Waals surface area contributed by atoms with Gasteiger partial charge in [0.25, 0.3) is 0 Å². The standard InChI is InChI=1S/C11H10Br3Cl3O/c12-2-1-10(18,6-11(15,16)17)7-3-8(13)5-9(14)4-7/h3-5,18H,1-2,6H2. The SMILES string of the molecule is OC(CCBr)(CC(Cl)(Cl)Cl)c1cc(Br)cc(Br)c1. The third-order valence-electron chi connectivity index (χ3n) is 2.40. The lowest BCUT2D eigenvalue weighted by Gasteiger charge is -2.31. The molecule has 0 radical (unpaired) electrons. The number of aliphatic hydroxyl groups is 1. The molecule has 0 aliphatic carbocycles. The summed E-state index contributed by atoms with van der Waals surface area (Å²) in [5.41, 5.74) is -0.490. The van der Waals surface area contributed by atoms with Crippen LogP contribution in [0.25, 0.3) is 0 Å². The van der Waals surface area contributed by atoms with Crippen LogP contribution in [-0.4, -0.2) is 14.2 Å². The summed E-state index contributed by atoms with van der Waals surface area (Å²) in [6, 6.07) is 5.53. The second-order valence-electron chi connectivity index (χ2n) is 3.92. The van der Waals surface area contributed by atoms with Crippen LogP contribution < -0.4 is 0 Å². The highest BCUT2D eigenvalue weighted by molar-refractivity contribution is 9.11. The molecule has 102 valence electrons. The summed E-state index contributed by atoms with van der Waals surface area (Å²) in [4.78, 5) is 0. The molecule has 0 saturated heterocycles. The van der Waals surface area contributed by atoms with E-state index < -0.39 is 9.39 Å². The number of hydrogen-bond acceptors (Lipinski definition) is 1. The molecule has 0 saturated carbocycles. The zero-order valence-corrected chi connectivity index (χ0v) is 16.1. The van der Waals surface area contributed by atoms with Crippen LogP contribution in [0.5, 0.6) is 0 Å². The van der Waals surface area contributed by atoms with E-state index in [2.05, 4.69) is 47.8 Å². The molecule has 1 atom stereocenters. The van der Waals surface area contributed by atoms with Crippen LogP contribution in [-0.2, 0) is 5.60 Å². The van der Waals surface area contributed by atoms with Crippen LogP contribution in [0.2, 0.25) is 0 Å². The van der Waals surface area contributed by atoms with Crippen molar-refractivity contribution in [2.24, 2.45) is 0 Å². The van der Waals surface area contributed by atoms with Gasteiger partial charge in [-0.05, 0) is 30.2 Å². The van der Waals surface area contributed by atoms with Crippen LogP contribution in [0.1, 0.15) is 18.4 Å². The maximum atomic E-state index is 10.7. The molecule has 1 aromatic carbocycles. The lowest BCUT2D eigenvalue weighted by atomic mass is 9.88. The Morgan fingerprint density at radius 3 is 1.94 bits per heavy atom. The molecule has 0 aliphatic heterocycles. The quantitative estimate of drug-likeness (QED) is 0.503. The largest absolute Gasteiger partial charge is 0.385 e. The van der Waals surface area contributed by atoms with Crippen molar-refractivity contribution in [3.8, 4) is 0 Å². The fraction of sp³-hybridized carbons (Fsp3) is 0.455. The predicted octanol–water partition coefficient (Wildman–Crippen LogP) is 5.94. The van der Waals surface area contributed by atoms with Crippen LogP contribution in [0.15, 0.2) is 27.1 Å². The van der Waals surface area contributed by atoms with Crippen molar-refractivity contribution in [1.29, 1.82) is 0 Å². The summed E-state index contributed by atoms with van der Waals surface area (Å²) in [7, 11) is 0. The highest BCUT2D eigenvalue weighted by Gasteiger charge is 2.37. The number of alkyl halides is 4. The van der Waals surface area contributed by atoms with Gasteiger partial charge in [-0.25, -0.2) is 0 Å². The average Bonchev–Trinajstić information content (AvgIpc) is 2.13. The van der Waals surface area contributed by atoms with E-state index in [-0.39, 0.29) is 6.42 Å². The van der Waals surface area contributed by atoms with Gasteiger partial charge in [0.05, 0.1) is 5.60 Å². The van der Waals surface area contributed by atoms with Gasteiger partial charge >= 0.3 is 0 Å². The first-order valence-electron chi connectivity index (χ1n) is 4.98. The second kappa shape index (κ2) is 6.97. The summed E-state index contributed by atoms with van der Waals surface area (Å²) in [5.74, 6) is 0. The smallest absolute Gasteiger partial charge is 0.193 e. The third kappa shape index (κ3) is 5.47. The fourth-order valence-electron chi connectivity index (χ4n) is 1.65. The minimum absolute atomic E-state index is 0.0269. The van der Waals surface area contributed by atoms with Crippen LogP contribution in [0, 0.1) is 0 Å². The van der Waals surface area contributed by atoms with Gasteiger partial charge in [0.2, 0.25) is 0 Å². The van der Waals surface area contributed by atoms with E-state index in [9.17, 15) is 5.11 Å². The molecule has 0 spiro atoms. The molecule has 0 fully saturated rings.